The molecule has 19 heavy (non-hydrogen) atoms. The summed E-state index contributed by atoms with van der Waals surface area (Å²) in [7, 11) is 0. The predicted octanol–water partition coefficient (Wildman–Crippen LogP) is 1.88. The van der Waals surface area contributed by atoms with Crippen molar-refractivity contribution in [2.24, 2.45) is 0 Å². The number of benzene rings is 1. The summed E-state index contributed by atoms with van der Waals surface area (Å²) < 4.78 is 0. The van der Waals surface area contributed by atoms with E-state index >= 15 is 0 Å². The minimum atomic E-state index is -0.702. The van der Waals surface area contributed by atoms with Crippen molar-refractivity contribution in [1.29, 1.82) is 0 Å². The summed E-state index contributed by atoms with van der Waals surface area (Å²) in [6, 6.07) is 11.3. The lowest BCUT2D eigenvalue weighted by Gasteiger charge is -2.36. The summed E-state index contributed by atoms with van der Waals surface area (Å²) in [5.41, 5.74) is 0.492. The van der Waals surface area contributed by atoms with Crippen LogP contribution < -0.4 is 5.32 Å². The van der Waals surface area contributed by atoms with Crippen LogP contribution in [0.2, 0.25) is 0 Å². The third-order valence-electron chi connectivity index (χ3n) is 3.69. The second-order valence-corrected chi connectivity index (χ2v) is 5.15. The van der Waals surface area contributed by atoms with E-state index in [-0.39, 0.29) is 5.91 Å². The van der Waals surface area contributed by atoms with Crippen molar-refractivity contribution in [2.75, 3.05) is 6.54 Å². The Morgan fingerprint density at radius 1 is 1.26 bits per heavy atom. The van der Waals surface area contributed by atoms with Gasteiger partial charge in [-0.15, -0.1) is 0 Å². The van der Waals surface area contributed by atoms with E-state index in [2.05, 4.69) is 10.3 Å². The molecule has 0 unspecified atom stereocenters. The summed E-state index contributed by atoms with van der Waals surface area (Å²) in [6.07, 6.45) is 2.55. The Morgan fingerprint density at radius 2 is 2.05 bits per heavy atom. The van der Waals surface area contributed by atoms with Gasteiger partial charge in [0.25, 0.3) is 5.91 Å². The summed E-state index contributed by atoms with van der Waals surface area (Å²) in [6.45, 7) is 0.306. The fourth-order valence-electron chi connectivity index (χ4n) is 2.29. The third-order valence-corrected chi connectivity index (χ3v) is 3.69. The van der Waals surface area contributed by atoms with E-state index in [9.17, 15) is 9.90 Å². The fourth-order valence-corrected chi connectivity index (χ4v) is 2.29. The van der Waals surface area contributed by atoms with Crippen molar-refractivity contribution in [3.05, 3.63) is 42.1 Å². The van der Waals surface area contributed by atoms with Crippen molar-refractivity contribution in [3.8, 4) is 0 Å². The first-order valence-electron chi connectivity index (χ1n) is 6.53. The van der Waals surface area contributed by atoms with Crippen molar-refractivity contribution in [3.63, 3.8) is 0 Å². The van der Waals surface area contributed by atoms with Gasteiger partial charge < -0.3 is 10.4 Å². The minimum absolute atomic E-state index is 0.230. The number of para-hydroxylation sites is 1. The summed E-state index contributed by atoms with van der Waals surface area (Å²) >= 11 is 0. The van der Waals surface area contributed by atoms with Gasteiger partial charge in [-0.1, -0.05) is 24.3 Å². The number of aliphatic hydroxyl groups is 1. The van der Waals surface area contributed by atoms with Crippen LogP contribution >= 0.6 is 0 Å². The third kappa shape index (κ3) is 2.44. The van der Waals surface area contributed by atoms with Gasteiger partial charge in [0, 0.05) is 11.9 Å². The van der Waals surface area contributed by atoms with E-state index in [0.29, 0.717) is 12.2 Å². The molecule has 2 aromatic rings. The van der Waals surface area contributed by atoms with Gasteiger partial charge in [0.1, 0.15) is 5.69 Å². The van der Waals surface area contributed by atoms with Crippen LogP contribution in [0.1, 0.15) is 29.8 Å². The van der Waals surface area contributed by atoms with E-state index in [1.165, 1.54) is 0 Å². The number of hydrogen-bond acceptors (Lipinski definition) is 3. The van der Waals surface area contributed by atoms with Crippen molar-refractivity contribution in [1.82, 2.24) is 10.3 Å². The highest BCUT2D eigenvalue weighted by Gasteiger charge is 2.34. The molecule has 1 heterocycles. The Morgan fingerprint density at radius 3 is 2.79 bits per heavy atom. The highest BCUT2D eigenvalue weighted by atomic mass is 16.3. The highest BCUT2D eigenvalue weighted by Crippen LogP contribution is 2.30. The maximum Gasteiger partial charge on any atom is 0.270 e. The molecule has 2 N–H and O–H groups in total. The maximum absolute atomic E-state index is 12.0. The molecular weight excluding hydrogens is 240 g/mol. The van der Waals surface area contributed by atoms with Gasteiger partial charge in [0.05, 0.1) is 11.1 Å². The number of hydrogen-bond donors (Lipinski definition) is 2. The van der Waals surface area contributed by atoms with Crippen LogP contribution in [-0.2, 0) is 0 Å². The maximum atomic E-state index is 12.0. The van der Waals surface area contributed by atoms with Crippen molar-refractivity contribution in [2.45, 2.75) is 24.9 Å². The largest absolute Gasteiger partial charge is 0.388 e. The highest BCUT2D eigenvalue weighted by molar-refractivity contribution is 5.94. The molecule has 4 nitrogen and oxygen atoms in total. The zero-order valence-electron chi connectivity index (χ0n) is 10.6. The normalized spacial score (nSPS) is 16.9. The van der Waals surface area contributed by atoms with Gasteiger partial charge >= 0.3 is 0 Å². The van der Waals surface area contributed by atoms with Gasteiger partial charge in [-0.2, -0.15) is 0 Å². The lowest BCUT2D eigenvalue weighted by Crippen LogP contribution is -2.47. The monoisotopic (exact) mass is 256 g/mol. The van der Waals surface area contributed by atoms with Gasteiger partial charge in [-0.3, -0.25) is 4.79 Å². The number of fused-ring (bicyclic) bond motifs is 1. The Balaban J connectivity index is 1.74. The minimum Gasteiger partial charge on any atom is -0.388 e. The van der Waals surface area contributed by atoms with Gasteiger partial charge in [-0.25, -0.2) is 4.98 Å². The number of carbonyl (C=O) groups excluding carboxylic acids is 1. The number of nitrogens with zero attached hydrogens (tertiary/aromatic N) is 1. The molecule has 1 aliphatic rings. The van der Waals surface area contributed by atoms with Gasteiger partial charge in [0.15, 0.2) is 0 Å². The van der Waals surface area contributed by atoms with E-state index in [4.69, 9.17) is 0 Å². The molecule has 4 heteroatoms. The molecule has 98 valence electrons. The topological polar surface area (TPSA) is 62.2 Å². The Kier molecular flexibility index (Phi) is 2.95. The van der Waals surface area contributed by atoms with E-state index in [1.807, 2.05) is 30.3 Å². The standard InChI is InChI=1S/C15H16N2O2/c18-14(16-10-15(19)8-3-9-15)13-7-6-11-4-1-2-5-12(11)17-13/h1-2,4-7,19H,3,8-10H2,(H,16,18). The van der Waals surface area contributed by atoms with E-state index < -0.39 is 5.60 Å². The first kappa shape index (κ1) is 12.1. The molecule has 1 saturated carbocycles. The summed E-state index contributed by atoms with van der Waals surface area (Å²) in [5, 5.41) is 13.7. The van der Waals surface area contributed by atoms with Crippen LogP contribution in [0.25, 0.3) is 10.9 Å². The van der Waals surface area contributed by atoms with Crippen LogP contribution in [0, 0.1) is 0 Å². The lowest BCUT2D eigenvalue weighted by atomic mass is 9.80. The van der Waals surface area contributed by atoms with E-state index in [0.717, 1.165) is 30.2 Å². The summed E-state index contributed by atoms with van der Waals surface area (Å²) in [4.78, 5) is 16.3. The quantitative estimate of drug-likeness (QED) is 0.881. The molecule has 0 spiro atoms. The number of nitrogens with one attached hydrogen (secondary N) is 1. The van der Waals surface area contributed by atoms with Crippen LogP contribution in [0.4, 0.5) is 0 Å². The molecule has 0 radical (unpaired) electrons. The summed E-state index contributed by atoms with van der Waals surface area (Å²) in [5.74, 6) is -0.230. The second-order valence-electron chi connectivity index (χ2n) is 5.15. The second kappa shape index (κ2) is 4.63. The molecule has 1 amide bonds. The van der Waals surface area contributed by atoms with Crippen molar-refractivity contribution >= 4 is 16.8 Å². The smallest absolute Gasteiger partial charge is 0.270 e. The molecule has 3 rings (SSSR count). The van der Waals surface area contributed by atoms with Crippen LogP contribution in [0.15, 0.2) is 36.4 Å². The number of carbonyl (C=O) groups is 1. The molecule has 0 saturated heterocycles. The molecule has 1 aliphatic carbocycles. The SMILES string of the molecule is O=C(NCC1(O)CCC1)c1ccc2ccccc2n1. The van der Waals surface area contributed by atoms with Crippen molar-refractivity contribution < 1.29 is 9.90 Å². The Hall–Kier alpha value is -1.94. The molecule has 1 aromatic heterocycles. The molecular formula is C15H16N2O2. The number of amides is 1. The first-order chi connectivity index (χ1) is 9.16. The average molecular weight is 256 g/mol. The van der Waals surface area contributed by atoms with Crippen LogP contribution in [-0.4, -0.2) is 28.1 Å². The Labute approximate surface area is 111 Å². The number of rotatable bonds is 3. The molecule has 0 bridgehead atoms. The molecule has 0 aliphatic heterocycles. The lowest BCUT2D eigenvalue weighted by molar-refractivity contribution is -0.0300. The zero-order chi connectivity index (χ0) is 13.3. The molecule has 1 aromatic carbocycles. The molecule has 1 fully saturated rings. The van der Waals surface area contributed by atoms with E-state index in [1.54, 1.807) is 6.07 Å². The first-order valence-corrected chi connectivity index (χ1v) is 6.53. The zero-order valence-corrected chi connectivity index (χ0v) is 10.6. The average Bonchev–Trinajstić information content (AvgIpc) is 2.42. The molecule has 0 atom stereocenters. The van der Waals surface area contributed by atoms with Gasteiger partial charge in [0.2, 0.25) is 0 Å². The number of pyridine rings is 1. The predicted molar refractivity (Wildman–Crippen MR) is 72.9 cm³/mol. The van der Waals surface area contributed by atoms with Gasteiger partial charge in [-0.05, 0) is 31.4 Å². The van der Waals surface area contributed by atoms with Crippen LogP contribution in [0.5, 0.6) is 0 Å². The fraction of sp³-hybridized carbons (Fsp3) is 0.333. The number of aromatic nitrogens is 1. The Bertz CT molecular complexity index is 620. The van der Waals surface area contributed by atoms with Crippen LogP contribution in [0.3, 0.4) is 0 Å².